The smallest absolute Gasteiger partial charge is 0.340 e. The zero-order chi connectivity index (χ0) is 19.6. The van der Waals surface area contributed by atoms with Gasteiger partial charge in [-0.15, -0.1) is 11.3 Å². The van der Waals surface area contributed by atoms with Crippen LogP contribution < -0.4 is 10.9 Å². The lowest BCUT2D eigenvalue weighted by Crippen LogP contribution is -2.41. The van der Waals surface area contributed by atoms with Gasteiger partial charge in [-0.2, -0.15) is 0 Å². The van der Waals surface area contributed by atoms with E-state index in [0.717, 1.165) is 25.7 Å². The molecule has 0 aromatic carbocycles. The fourth-order valence-corrected chi connectivity index (χ4v) is 4.48. The highest BCUT2D eigenvalue weighted by Crippen LogP contribution is 2.29. The van der Waals surface area contributed by atoms with Crippen LogP contribution in [0.2, 0.25) is 0 Å². The number of hydrazine groups is 1. The van der Waals surface area contributed by atoms with Gasteiger partial charge in [-0.05, 0) is 63.6 Å². The van der Waals surface area contributed by atoms with Crippen LogP contribution in [0.1, 0.15) is 72.0 Å². The average Bonchev–Trinajstić information content (AvgIpc) is 3.20. The van der Waals surface area contributed by atoms with Gasteiger partial charge in [0.05, 0.1) is 17.0 Å². The van der Waals surface area contributed by atoms with Crippen molar-refractivity contribution in [3.05, 3.63) is 43.9 Å². The van der Waals surface area contributed by atoms with E-state index in [9.17, 15) is 14.4 Å². The minimum atomic E-state index is -0.513. The highest BCUT2D eigenvalue weighted by molar-refractivity contribution is 7.14. The van der Waals surface area contributed by atoms with Crippen molar-refractivity contribution < 1.29 is 19.1 Å². The van der Waals surface area contributed by atoms with Crippen LogP contribution in [-0.2, 0) is 17.6 Å². The molecule has 0 bridgehead atoms. The molecule has 7 nitrogen and oxygen atoms in total. The minimum Gasteiger partial charge on any atom is -0.462 e. The molecule has 0 fully saturated rings. The van der Waals surface area contributed by atoms with Crippen LogP contribution >= 0.6 is 11.3 Å². The van der Waals surface area contributed by atoms with E-state index >= 15 is 0 Å². The Kier molecular flexibility index (Phi) is 5.65. The standard InChI is InChI=1S/C19H23N3O4S/c1-4-26-19(25)15-10(2)16(20-11(15)3)18(24)22-21-17(23)14-9-12-7-5-6-8-13(12)27-14/h9,20H,4-8H2,1-3H3,(H,21,23)(H,22,24). The molecule has 0 radical (unpaired) electrons. The molecule has 2 aromatic rings. The molecule has 8 heteroatoms. The Morgan fingerprint density at radius 3 is 2.56 bits per heavy atom. The summed E-state index contributed by atoms with van der Waals surface area (Å²) >= 11 is 1.48. The van der Waals surface area contributed by atoms with Crippen molar-refractivity contribution in [1.29, 1.82) is 0 Å². The molecule has 0 spiro atoms. The number of thiophene rings is 1. The number of amides is 2. The van der Waals surface area contributed by atoms with Crippen molar-refractivity contribution in [3.8, 4) is 0 Å². The number of aryl methyl sites for hydroxylation is 3. The van der Waals surface area contributed by atoms with Crippen LogP contribution in [0.5, 0.6) is 0 Å². The van der Waals surface area contributed by atoms with Crippen molar-refractivity contribution in [2.24, 2.45) is 0 Å². The first kappa shape index (κ1) is 19.2. The van der Waals surface area contributed by atoms with E-state index in [1.54, 1.807) is 20.8 Å². The van der Waals surface area contributed by atoms with Gasteiger partial charge in [-0.3, -0.25) is 20.4 Å². The van der Waals surface area contributed by atoms with Crippen molar-refractivity contribution in [1.82, 2.24) is 15.8 Å². The lowest BCUT2D eigenvalue weighted by atomic mass is 9.99. The second-order valence-corrected chi connectivity index (χ2v) is 7.66. The summed E-state index contributed by atoms with van der Waals surface area (Å²) in [6, 6.07) is 1.91. The van der Waals surface area contributed by atoms with Gasteiger partial charge in [0.25, 0.3) is 11.8 Å². The fraction of sp³-hybridized carbons (Fsp3) is 0.421. The maximum absolute atomic E-state index is 12.4. The van der Waals surface area contributed by atoms with E-state index in [1.165, 1.54) is 21.8 Å². The Bertz CT molecular complexity index is 874. The number of rotatable bonds is 4. The van der Waals surface area contributed by atoms with Crippen LogP contribution in [0.25, 0.3) is 0 Å². The van der Waals surface area contributed by atoms with Gasteiger partial charge in [0.15, 0.2) is 0 Å². The molecule has 0 saturated heterocycles. The lowest BCUT2D eigenvalue weighted by molar-refractivity contribution is 0.0524. The quantitative estimate of drug-likeness (QED) is 0.553. The van der Waals surface area contributed by atoms with Gasteiger partial charge in [0.2, 0.25) is 0 Å². The van der Waals surface area contributed by atoms with Crippen LogP contribution in [-0.4, -0.2) is 29.4 Å². The summed E-state index contributed by atoms with van der Waals surface area (Å²) in [6.45, 7) is 5.34. The van der Waals surface area contributed by atoms with Gasteiger partial charge < -0.3 is 9.72 Å². The molecule has 2 aromatic heterocycles. The Labute approximate surface area is 161 Å². The number of ether oxygens (including phenoxy) is 1. The second-order valence-electron chi connectivity index (χ2n) is 6.52. The predicted octanol–water partition coefficient (Wildman–Crippen LogP) is 2.82. The molecule has 0 atom stereocenters. The number of carbonyl (C=O) groups is 3. The predicted molar refractivity (Wildman–Crippen MR) is 102 cm³/mol. The number of aromatic nitrogens is 1. The molecule has 2 heterocycles. The molecule has 3 N–H and O–H groups in total. The molecule has 0 saturated carbocycles. The van der Waals surface area contributed by atoms with E-state index in [1.807, 2.05) is 6.07 Å². The van der Waals surface area contributed by atoms with Gasteiger partial charge in [-0.25, -0.2) is 4.79 Å². The zero-order valence-electron chi connectivity index (χ0n) is 15.7. The molecule has 0 aliphatic heterocycles. The van der Waals surface area contributed by atoms with Crippen molar-refractivity contribution in [2.75, 3.05) is 6.61 Å². The summed E-state index contributed by atoms with van der Waals surface area (Å²) in [5, 5.41) is 0. The van der Waals surface area contributed by atoms with Crippen LogP contribution in [0.4, 0.5) is 0 Å². The van der Waals surface area contributed by atoms with Crippen molar-refractivity contribution in [2.45, 2.75) is 46.5 Å². The molecular formula is C19H23N3O4S. The largest absolute Gasteiger partial charge is 0.462 e. The van der Waals surface area contributed by atoms with Gasteiger partial charge in [0, 0.05) is 10.6 Å². The van der Waals surface area contributed by atoms with E-state index in [0.29, 0.717) is 21.7 Å². The number of nitrogens with one attached hydrogen (secondary N) is 3. The van der Waals surface area contributed by atoms with Crippen molar-refractivity contribution >= 4 is 29.1 Å². The maximum Gasteiger partial charge on any atom is 0.340 e. The zero-order valence-corrected chi connectivity index (χ0v) is 16.5. The summed E-state index contributed by atoms with van der Waals surface area (Å²) in [7, 11) is 0. The molecule has 1 aliphatic carbocycles. The van der Waals surface area contributed by atoms with Crippen LogP contribution in [0, 0.1) is 13.8 Å². The highest BCUT2D eigenvalue weighted by atomic mass is 32.1. The lowest BCUT2D eigenvalue weighted by Gasteiger charge is -2.08. The minimum absolute atomic E-state index is 0.223. The Hall–Kier alpha value is -2.61. The van der Waals surface area contributed by atoms with E-state index < -0.39 is 11.9 Å². The average molecular weight is 389 g/mol. The second kappa shape index (κ2) is 7.96. The number of carbonyl (C=O) groups excluding carboxylic acids is 3. The summed E-state index contributed by atoms with van der Waals surface area (Å²) in [6.07, 6.45) is 4.32. The van der Waals surface area contributed by atoms with Crippen LogP contribution in [0.15, 0.2) is 6.07 Å². The van der Waals surface area contributed by atoms with Crippen molar-refractivity contribution in [3.63, 3.8) is 0 Å². The van der Waals surface area contributed by atoms with E-state index in [4.69, 9.17) is 4.74 Å². The Morgan fingerprint density at radius 1 is 1.15 bits per heavy atom. The third-order valence-electron chi connectivity index (χ3n) is 4.65. The number of aromatic amines is 1. The SMILES string of the molecule is CCOC(=O)c1c(C)[nH]c(C(=O)NNC(=O)c2cc3c(s2)CCCC3)c1C. The number of hydrogen-bond acceptors (Lipinski definition) is 5. The molecule has 0 unspecified atom stereocenters. The molecule has 1 aliphatic rings. The Morgan fingerprint density at radius 2 is 1.85 bits per heavy atom. The normalized spacial score (nSPS) is 13.0. The number of esters is 1. The van der Waals surface area contributed by atoms with Gasteiger partial charge in [-0.1, -0.05) is 0 Å². The molecule has 144 valence electrons. The van der Waals surface area contributed by atoms with E-state index in [-0.39, 0.29) is 18.2 Å². The summed E-state index contributed by atoms with van der Waals surface area (Å²) in [4.78, 5) is 41.6. The monoisotopic (exact) mass is 389 g/mol. The topological polar surface area (TPSA) is 100 Å². The van der Waals surface area contributed by atoms with E-state index in [2.05, 4.69) is 15.8 Å². The summed E-state index contributed by atoms with van der Waals surface area (Å²) < 4.78 is 5.02. The number of H-pyrrole nitrogens is 1. The van der Waals surface area contributed by atoms with Gasteiger partial charge >= 0.3 is 5.97 Å². The molecular weight excluding hydrogens is 366 g/mol. The first-order chi connectivity index (χ1) is 12.9. The third kappa shape index (κ3) is 3.90. The molecule has 2 amide bonds. The first-order valence-electron chi connectivity index (χ1n) is 9.00. The molecule has 27 heavy (non-hydrogen) atoms. The van der Waals surface area contributed by atoms with Gasteiger partial charge in [0.1, 0.15) is 5.69 Å². The highest BCUT2D eigenvalue weighted by Gasteiger charge is 2.23. The Balaban J connectivity index is 1.67. The third-order valence-corrected chi connectivity index (χ3v) is 5.89. The first-order valence-corrected chi connectivity index (χ1v) is 9.82. The fourth-order valence-electron chi connectivity index (χ4n) is 3.33. The summed E-state index contributed by atoms with van der Waals surface area (Å²) in [5.41, 5.74) is 7.71. The molecule has 3 rings (SSSR count). The number of fused-ring (bicyclic) bond motifs is 1. The summed E-state index contributed by atoms with van der Waals surface area (Å²) in [5.74, 6) is -1.33. The maximum atomic E-state index is 12.4. The number of hydrogen-bond donors (Lipinski definition) is 3. The van der Waals surface area contributed by atoms with Crippen LogP contribution in [0.3, 0.4) is 0 Å².